The second-order valence-corrected chi connectivity index (χ2v) is 5.81. The topological polar surface area (TPSA) is 35.5 Å². The molecular formula is C20H28O3. The standard InChI is InChI=1S/C20H28O3/c1-5-22-18(4)15-16(2)11-9-10-12-17(3)23-20(21)19-13-7-6-8-14-19/h6-10,13-14,16-17H,4-5,11-12,15H2,1-3H3/b10-9+/t16-,17-/m1/s1. The zero-order valence-corrected chi connectivity index (χ0v) is 14.5. The summed E-state index contributed by atoms with van der Waals surface area (Å²) in [6, 6.07) is 9.07. The van der Waals surface area contributed by atoms with E-state index >= 15 is 0 Å². The molecule has 0 aliphatic carbocycles. The molecular weight excluding hydrogens is 288 g/mol. The Hall–Kier alpha value is -2.03. The summed E-state index contributed by atoms with van der Waals surface area (Å²) >= 11 is 0. The Kier molecular flexibility index (Phi) is 8.81. The second kappa shape index (κ2) is 10.7. The van der Waals surface area contributed by atoms with Gasteiger partial charge in [0.2, 0.25) is 0 Å². The zero-order chi connectivity index (χ0) is 17.1. The zero-order valence-electron chi connectivity index (χ0n) is 14.5. The van der Waals surface area contributed by atoms with Crippen molar-refractivity contribution in [3.63, 3.8) is 0 Å². The quantitative estimate of drug-likeness (QED) is 0.340. The van der Waals surface area contributed by atoms with Crippen LogP contribution in [0.25, 0.3) is 0 Å². The van der Waals surface area contributed by atoms with E-state index in [2.05, 4.69) is 25.7 Å². The third-order valence-electron chi connectivity index (χ3n) is 3.42. The van der Waals surface area contributed by atoms with E-state index in [1.54, 1.807) is 12.1 Å². The van der Waals surface area contributed by atoms with E-state index in [0.29, 0.717) is 18.1 Å². The van der Waals surface area contributed by atoms with Crippen molar-refractivity contribution in [2.24, 2.45) is 5.92 Å². The summed E-state index contributed by atoms with van der Waals surface area (Å²) in [4.78, 5) is 11.9. The van der Waals surface area contributed by atoms with Gasteiger partial charge in [-0.3, -0.25) is 0 Å². The number of esters is 1. The Morgan fingerprint density at radius 1 is 1.17 bits per heavy atom. The molecule has 0 bridgehead atoms. The summed E-state index contributed by atoms with van der Waals surface area (Å²) in [5.74, 6) is 1.07. The largest absolute Gasteiger partial charge is 0.499 e. The van der Waals surface area contributed by atoms with Crippen molar-refractivity contribution in [2.75, 3.05) is 6.61 Å². The number of carbonyl (C=O) groups excluding carboxylic acids is 1. The third-order valence-corrected chi connectivity index (χ3v) is 3.42. The first-order chi connectivity index (χ1) is 11.0. The molecule has 1 rings (SSSR count). The van der Waals surface area contributed by atoms with Crippen molar-refractivity contribution < 1.29 is 14.3 Å². The van der Waals surface area contributed by atoms with E-state index in [-0.39, 0.29) is 12.1 Å². The van der Waals surface area contributed by atoms with Crippen molar-refractivity contribution in [1.29, 1.82) is 0 Å². The summed E-state index contributed by atoms with van der Waals surface area (Å²) < 4.78 is 10.8. The maximum absolute atomic E-state index is 11.9. The Morgan fingerprint density at radius 2 is 1.83 bits per heavy atom. The molecule has 1 aromatic rings. The van der Waals surface area contributed by atoms with Crippen LogP contribution in [-0.2, 0) is 9.47 Å². The number of hydrogen-bond donors (Lipinski definition) is 0. The van der Waals surface area contributed by atoms with E-state index in [0.717, 1.165) is 25.0 Å². The molecule has 126 valence electrons. The lowest BCUT2D eigenvalue weighted by Crippen LogP contribution is -2.14. The molecule has 0 fully saturated rings. The molecule has 0 aliphatic rings. The minimum Gasteiger partial charge on any atom is -0.499 e. The van der Waals surface area contributed by atoms with E-state index in [1.807, 2.05) is 32.0 Å². The van der Waals surface area contributed by atoms with Crippen LogP contribution in [0.3, 0.4) is 0 Å². The molecule has 0 aliphatic heterocycles. The molecule has 3 heteroatoms. The third kappa shape index (κ3) is 8.24. The van der Waals surface area contributed by atoms with Crippen LogP contribution in [-0.4, -0.2) is 18.7 Å². The fourth-order valence-corrected chi connectivity index (χ4v) is 2.22. The summed E-state index contributed by atoms with van der Waals surface area (Å²) in [6.07, 6.45) is 6.63. The van der Waals surface area contributed by atoms with Gasteiger partial charge in [0.1, 0.15) is 6.10 Å². The van der Waals surface area contributed by atoms with Crippen LogP contribution in [0.1, 0.15) is 50.4 Å². The highest BCUT2D eigenvalue weighted by molar-refractivity contribution is 5.89. The average molecular weight is 316 g/mol. The molecule has 23 heavy (non-hydrogen) atoms. The first-order valence-corrected chi connectivity index (χ1v) is 8.24. The summed E-state index contributed by atoms with van der Waals surface area (Å²) in [7, 11) is 0. The Morgan fingerprint density at radius 3 is 2.48 bits per heavy atom. The molecule has 0 spiro atoms. The highest BCUT2D eigenvalue weighted by Crippen LogP contribution is 2.15. The number of rotatable bonds is 10. The summed E-state index contributed by atoms with van der Waals surface area (Å²) in [5, 5.41) is 0. The van der Waals surface area contributed by atoms with Gasteiger partial charge in [-0.1, -0.05) is 43.9 Å². The van der Waals surface area contributed by atoms with Crippen molar-refractivity contribution in [2.45, 2.75) is 46.1 Å². The van der Waals surface area contributed by atoms with Crippen LogP contribution in [0.5, 0.6) is 0 Å². The number of carbonyl (C=O) groups is 1. The van der Waals surface area contributed by atoms with Crippen LogP contribution in [0.15, 0.2) is 54.8 Å². The normalized spacial score (nSPS) is 13.5. The molecule has 1 aromatic carbocycles. The van der Waals surface area contributed by atoms with Gasteiger partial charge in [-0.2, -0.15) is 0 Å². The number of ether oxygens (including phenoxy) is 2. The van der Waals surface area contributed by atoms with Crippen LogP contribution >= 0.6 is 0 Å². The van der Waals surface area contributed by atoms with Crippen molar-refractivity contribution in [3.05, 3.63) is 60.4 Å². The smallest absolute Gasteiger partial charge is 0.338 e. The predicted octanol–water partition coefficient (Wildman–Crippen LogP) is 5.14. The fourth-order valence-electron chi connectivity index (χ4n) is 2.22. The fraction of sp³-hybridized carbons (Fsp3) is 0.450. The number of allylic oxidation sites excluding steroid dienone is 2. The van der Waals surface area contributed by atoms with E-state index in [1.165, 1.54) is 0 Å². The SMILES string of the molecule is C=C(C[C@H](C)C/C=C/C[C@@H](C)OC(=O)c1ccccc1)OCC. The monoisotopic (exact) mass is 316 g/mol. The summed E-state index contributed by atoms with van der Waals surface area (Å²) in [5.41, 5.74) is 0.589. The molecule has 0 amide bonds. The molecule has 3 nitrogen and oxygen atoms in total. The van der Waals surface area contributed by atoms with Crippen molar-refractivity contribution >= 4 is 5.97 Å². The first-order valence-electron chi connectivity index (χ1n) is 8.24. The van der Waals surface area contributed by atoms with E-state index in [4.69, 9.17) is 9.47 Å². The molecule has 2 atom stereocenters. The molecule has 0 saturated carbocycles. The first kappa shape index (κ1) is 19.0. The van der Waals surface area contributed by atoms with Gasteiger partial charge in [0.15, 0.2) is 0 Å². The van der Waals surface area contributed by atoms with E-state index in [9.17, 15) is 4.79 Å². The van der Waals surface area contributed by atoms with E-state index < -0.39 is 0 Å². The second-order valence-electron chi connectivity index (χ2n) is 5.81. The lowest BCUT2D eigenvalue weighted by atomic mass is 10.0. The van der Waals surface area contributed by atoms with Crippen LogP contribution in [0.2, 0.25) is 0 Å². The van der Waals surface area contributed by atoms with Crippen LogP contribution in [0.4, 0.5) is 0 Å². The van der Waals surface area contributed by atoms with Crippen molar-refractivity contribution in [3.8, 4) is 0 Å². The highest BCUT2D eigenvalue weighted by Gasteiger charge is 2.10. The van der Waals surface area contributed by atoms with Gasteiger partial charge in [-0.15, -0.1) is 0 Å². The minimum atomic E-state index is -0.270. The minimum absolute atomic E-state index is 0.132. The lowest BCUT2D eigenvalue weighted by molar-refractivity contribution is 0.0348. The summed E-state index contributed by atoms with van der Waals surface area (Å²) in [6.45, 7) is 10.6. The molecule has 0 unspecified atom stereocenters. The molecule has 0 N–H and O–H groups in total. The van der Waals surface area contributed by atoms with Gasteiger partial charge in [-0.05, 0) is 38.3 Å². The predicted molar refractivity (Wildman–Crippen MR) is 94.2 cm³/mol. The van der Waals surface area contributed by atoms with Gasteiger partial charge < -0.3 is 9.47 Å². The lowest BCUT2D eigenvalue weighted by Gasteiger charge is -2.12. The molecule has 0 saturated heterocycles. The molecule has 0 heterocycles. The van der Waals surface area contributed by atoms with Gasteiger partial charge in [0, 0.05) is 12.8 Å². The Labute approximate surface area is 140 Å². The molecule has 0 radical (unpaired) electrons. The average Bonchev–Trinajstić information content (AvgIpc) is 2.52. The number of hydrogen-bond acceptors (Lipinski definition) is 3. The van der Waals surface area contributed by atoms with Crippen molar-refractivity contribution in [1.82, 2.24) is 0 Å². The van der Waals surface area contributed by atoms with Gasteiger partial charge in [0.05, 0.1) is 17.9 Å². The van der Waals surface area contributed by atoms with Crippen LogP contribution < -0.4 is 0 Å². The Balaban J connectivity index is 2.26. The maximum atomic E-state index is 11.9. The van der Waals surface area contributed by atoms with Gasteiger partial charge in [0.25, 0.3) is 0 Å². The maximum Gasteiger partial charge on any atom is 0.338 e. The Bertz CT molecular complexity index is 505. The highest BCUT2D eigenvalue weighted by atomic mass is 16.5. The van der Waals surface area contributed by atoms with Gasteiger partial charge >= 0.3 is 5.97 Å². The molecule has 0 aromatic heterocycles. The van der Waals surface area contributed by atoms with Crippen LogP contribution in [0, 0.1) is 5.92 Å². The number of benzene rings is 1. The van der Waals surface area contributed by atoms with Gasteiger partial charge in [-0.25, -0.2) is 4.79 Å².